The highest BCUT2D eigenvalue weighted by Gasteiger charge is 2.39. The number of benzene rings is 1. The Hall–Kier alpha value is -3.71. The Labute approximate surface area is 200 Å². The second-order valence-electron chi connectivity index (χ2n) is 8.32. The number of aromatic nitrogens is 5. The van der Waals surface area contributed by atoms with Gasteiger partial charge in [-0.05, 0) is 43.9 Å². The van der Waals surface area contributed by atoms with Crippen molar-refractivity contribution in [2.24, 2.45) is 5.92 Å². The Balaban J connectivity index is 1.73. The van der Waals surface area contributed by atoms with E-state index in [0.717, 1.165) is 12.8 Å². The van der Waals surface area contributed by atoms with E-state index in [1.54, 1.807) is 6.92 Å². The summed E-state index contributed by atoms with van der Waals surface area (Å²) >= 11 is 0. The molecule has 0 saturated heterocycles. The van der Waals surface area contributed by atoms with Gasteiger partial charge in [-0.25, -0.2) is 15.0 Å². The minimum absolute atomic E-state index is 0.0108. The van der Waals surface area contributed by atoms with E-state index >= 15 is 0 Å². The van der Waals surface area contributed by atoms with Crippen LogP contribution in [0, 0.1) is 5.92 Å². The number of carbonyl (C=O) groups is 1. The van der Waals surface area contributed by atoms with Crippen LogP contribution in [0.5, 0.6) is 5.75 Å². The highest BCUT2D eigenvalue weighted by molar-refractivity contribution is 5.95. The average molecular weight is 514 g/mol. The molecule has 0 bridgehead atoms. The maximum atomic E-state index is 13.4. The normalized spacial score (nSPS) is 15.0. The van der Waals surface area contributed by atoms with Crippen LogP contribution < -0.4 is 4.74 Å². The Bertz CT molecular complexity index is 1200. The molecule has 36 heavy (non-hydrogen) atoms. The van der Waals surface area contributed by atoms with Crippen molar-refractivity contribution in [2.75, 3.05) is 13.7 Å². The van der Waals surface area contributed by atoms with Gasteiger partial charge in [0.2, 0.25) is 0 Å². The van der Waals surface area contributed by atoms with E-state index in [1.807, 2.05) is 0 Å². The Morgan fingerprint density at radius 3 is 2.14 bits per heavy atom. The van der Waals surface area contributed by atoms with Crippen LogP contribution in [0.25, 0.3) is 5.95 Å². The first-order chi connectivity index (χ1) is 16.9. The minimum Gasteiger partial charge on any atom is -0.494 e. The number of rotatable bonds is 7. The molecule has 192 valence electrons. The maximum absolute atomic E-state index is 13.4. The SMILES string of the molecule is COc1cnc(-n2ncnc2C(C)N(CC2CC2)C(=O)c2cc(C(F)(F)F)cc(C(F)(F)F)c2)nc1. The molecule has 1 amide bonds. The lowest BCUT2D eigenvalue weighted by molar-refractivity contribution is -0.143. The number of halogens is 6. The summed E-state index contributed by atoms with van der Waals surface area (Å²) in [4.78, 5) is 27.0. The molecule has 1 fully saturated rings. The number of alkyl halides is 6. The van der Waals surface area contributed by atoms with E-state index in [9.17, 15) is 31.1 Å². The molecule has 8 nitrogen and oxygen atoms in total. The molecule has 4 rings (SSSR count). The first-order valence-electron chi connectivity index (χ1n) is 10.7. The summed E-state index contributed by atoms with van der Waals surface area (Å²) in [7, 11) is 1.43. The van der Waals surface area contributed by atoms with Gasteiger partial charge in [0, 0.05) is 12.1 Å². The lowest BCUT2D eigenvalue weighted by Crippen LogP contribution is -2.37. The highest BCUT2D eigenvalue weighted by atomic mass is 19.4. The monoisotopic (exact) mass is 514 g/mol. The number of hydrogen-bond acceptors (Lipinski definition) is 6. The molecule has 0 aliphatic heterocycles. The van der Waals surface area contributed by atoms with Gasteiger partial charge in [0.05, 0.1) is 36.7 Å². The van der Waals surface area contributed by atoms with Crippen molar-refractivity contribution in [3.8, 4) is 11.7 Å². The summed E-state index contributed by atoms with van der Waals surface area (Å²) < 4.78 is 86.4. The topological polar surface area (TPSA) is 86.0 Å². The first kappa shape index (κ1) is 25.4. The van der Waals surface area contributed by atoms with Gasteiger partial charge in [0.1, 0.15) is 6.33 Å². The van der Waals surface area contributed by atoms with Crippen LogP contribution in [0.15, 0.2) is 36.9 Å². The zero-order chi connectivity index (χ0) is 26.3. The Morgan fingerprint density at radius 1 is 1.06 bits per heavy atom. The van der Waals surface area contributed by atoms with Crippen LogP contribution in [0.1, 0.15) is 53.1 Å². The van der Waals surface area contributed by atoms with Crippen molar-refractivity contribution in [2.45, 2.75) is 38.2 Å². The zero-order valence-corrected chi connectivity index (χ0v) is 19.0. The van der Waals surface area contributed by atoms with Gasteiger partial charge in [0.25, 0.3) is 11.9 Å². The van der Waals surface area contributed by atoms with Gasteiger partial charge in [-0.15, -0.1) is 0 Å². The third-order valence-electron chi connectivity index (χ3n) is 5.70. The highest BCUT2D eigenvalue weighted by Crippen LogP contribution is 2.38. The van der Waals surface area contributed by atoms with Crippen molar-refractivity contribution in [1.29, 1.82) is 0 Å². The summed E-state index contributed by atoms with van der Waals surface area (Å²) in [6.45, 7) is 1.68. The molecule has 2 heterocycles. The van der Waals surface area contributed by atoms with Crippen LogP contribution in [0.2, 0.25) is 0 Å². The van der Waals surface area contributed by atoms with Crippen molar-refractivity contribution >= 4 is 5.91 Å². The number of nitrogens with zero attached hydrogens (tertiary/aromatic N) is 6. The lowest BCUT2D eigenvalue weighted by Gasteiger charge is -2.29. The molecular formula is C22H20F6N6O2. The van der Waals surface area contributed by atoms with Gasteiger partial charge in [-0.2, -0.15) is 36.1 Å². The maximum Gasteiger partial charge on any atom is 0.416 e. The molecule has 1 aromatic carbocycles. The molecule has 1 aliphatic carbocycles. The molecule has 1 aliphatic rings. The van der Waals surface area contributed by atoms with E-state index in [4.69, 9.17) is 4.74 Å². The molecule has 14 heteroatoms. The average Bonchev–Trinajstić information content (AvgIpc) is 3.52. The van der Waals surface area contributed by atoms with Gasteiger partial charge in [-0.1, -0.05) is 0 Å². The van der Waals surface area contributed by atoms with E-state index in [1.165, 1.54) is 35.4 Å². The fourth-order valence-corrected chi connectivity index (χ4v) is 3.59. The molecule has 1 atom stereocenters. The predicted octanol–water partition coefficient (Wildman–Crippen LogP) is 4.72. The standard InChI is InChI=1S/C22H20F6N6O2/c1-12(18-31-11-32-34(18)20-29-8-17(36-2)9-30-20)33(10-13-3-4-13)19(35)14-5-15(21(23,24)25)7-16(6-14)22(26,27)28/h5-9,11-13H,3-4,10H2,1-2H3. The largest absolute Gasteiger partial charge is 0.494 e. The van der Waals surface area contributed by atoms with Crippen LogP contribution in [0.4, 0.5) is 26.3 Å². The fraction of sp³-hybridized carbons (Fsp3) is 0.409. The smallest absolute Gasteiger partial charge is 0.416 e. The van der Waals surface area contributed by atoms with Gasteiger partial charge >= 0.3 is 12.4 Å². The Morgan fingerprint density at radius 2 is 1.64 bits per heavy atom. The minimum atomic E-state index is -5.07. The fourth-order valence-electron chi connectivity index (χ4n) is 3.59. The van der Waals surface area contributed by atoms with E-state index in [2.05, 4.69) is 20.1 Å². The number of ether oxygens (including phenoxy) is 1. The molecular weight excluding hydrogens is 494 g/mol. The van der Waals surface area contributed by atoms with E-state index in [-0.39, 0.29) is 30.3 Å². The van der Waals surface area contributed by atoms with Crippen molar-refractivity contribution in [3.63, 3.8) is 0 Å². The number of methoxy groups -OCH3 is 1. The van der Waals surface area contributed by atoms with E-state index in [0.29, 0.717) is 17.9 Å². The number of hydrogen-bond donors (Lipinski definition) is 0. The van der Waals surface area contributed by atoms with Crippen molar-refractivity contribution in [1.82, 2.24) is 29.6 Å². The van der Waals surface area contributed by atoms with Crippen molar-refractivity contribution in [3.05, 3.63) is 59.4 Å². The molecule has 3 aromatic rings. The summed E-state index contributed by atoms with van der Waals surface area (Å²) in [5.74, 6) is -0.275. The zero-order valence-electron chi connectivity index (χ0n) is 19.0. The third kappa shape index (κ3) is 5.41. The Kier molecular flexibility index (Phi) is 6.62. The molecule has 1 unspecified atom stereocenters. The quantitative estimate of drug-likeness (QED) is 0.425. The van der Waals surface area contributed by atoms with Crippen LogP contribution >= 0.6 is 0 Å². The molecule has 2 aromatic heterocycles. The summed E-state index contributed by atoms with van der Waals surface area (Å²) in [6, 6.07) is -0.0262. The van der Waals surface area contributed by atoms with Crippen LogP contribution in [-0.2, 0) is 12.4 Å². The molecule has 0 spiro atoms. The number of amides is 1. The van der Waals surface area contributed by atoms with Crippen LogP contribution in [0.3, 0.4) is 0 Å². The summed E-state index contributed by atoms with van der Waals surface area (Å²) in [5.41, 5.74) is -3.85. The number of carbonyl (C=O) groups excluding carboxylic acids is 1. The second-order valence-corrected chi connectivity index (χ2v) is 8.32. The second kappa shape index (κ2) is 9.39. The van der Waals surface area contributed by atoms with E-state index < -0.39 is 41.0 Å². The summed E-state index contributed by atoms with van der Waals surface area (Å²) in [6.07, 6.45) is -4.64. The summed E-state index contributed by atoms with van der Waals surface area (Å²) in [5, 5.41) is 4.07. The van der Waals surface area contributed by atoms with Gasteiger partial charge < -0.3 is 9.64 Å². The molecule has 0 N–H and O–H groups in total. The lowest BCUT2D eigenvalue weighted by atomic mass is 10.0. The van der Waals surface area contributed by atoms with Crippen LogP contribution in [-0.4, -0.2) is 49.2 Å². The predicted molar refractivity (Wildman–Crippen MR) is 112 cm³/mol. The first-order valence-corrected chi connectivity index (χ1v) is 10.7. The van der Waals surface area contributed by atoms with Crippen molar-refractivity contribution < 1.29 is 35.9 Å². The van der Waals surface area contributed by atoms with Gasteiger partial charge in [0.15, 0.2) is 11.6 Å². The molecule has 0 radical (unpaired) electrons. The third-order valence-corrected chi connectivity index (χ3v) is 5.70. The molecule has 1 saturated carbocycles. The van der Waals surface area contributed by atoms with Gasteiger partial charge in [-0.3, -0.25) is 4.79 Å².